The first kappa shape index (κ1) is 25.9. The van der Waals surface area contributed by atoms with Gasteiger partial charge >= 0.3 is 5.97 Å². The number of nitrogens with zero attached hydrogens (tertiary/aromatic N) is 1. The number of thiol groups is 1. The Morgan fingerprint density at radius 3 is 2.39 bits per heavy atom. The maximum absolute atomic E-state index is 13.4. The van der Waals surface area contributed by atoms with Gasteiger partial charge in [0.2, 0.25) is 11.8 Å². The highest BCUT2D eigenvalue weighted by Crippen LogP contribution is 2.31. The van der Waals surface area contributed by atoms with Crippen molar-refractivity contribution in [2.24, 2.45) is 0 Å². The van der Waals surface area contributed by atoms with Crippen molar-refractivity contribution in [1.82, 2.24) is 15.6 Å². The van der Waals surface area contributed by atoms with E-state index in [0.29, 0.717) is 24.8 Å². The van der Waals surface area contributed by atoms with E-state index in [2.05, 4.69) is 28.2 Å². The van der Waals surface area contributed by atoms with Crippen LogP contribution in [0.25, 0.3) is 11.3 Å². The second-order valence-electron chi connectivity index (χ2n) is 9.12. The molecule has 0 aliphatic heterocycles. The Morgan fingerprint density at radius 1 is 1.03 bits per heavy atom. The fraction of sp³-hybridized carbons (Fsp3) is 0.333. The first-order chi connectivity index (χ1) is 17.4. The monoisotopic (exact) mass is 523 g/mol. The Labute approximate surface area is 219 Å². The molecule has 1 saturated carbocycles. The molecular weight excluding hydrogens is 494 g/mol. The van der Waals surface area contributed by atoms with Gasteiger partial charge in [0.25, 0.3) is 0 Å². The van der Waals surface area contributed by atoms with Crippen molar-refractivity contribution < 1.29 is 19.5 Å². The van der Waals surface area contributed by atoms with Gasteiger partial charge in [0, 0.05) is 23.6 Å². The van der Waals surface area contributed by atoms with E-state index in [1.54, 1.807) is 17.5 Å². The third-order valence-corrected chi connectivity index (χ3v) is 7.61. The number of benzene rings is 1. The summed E-state index contributed by atoms with van der Waals surface area (Å²) in [7, 11) is 0. The lowest BCUT2D eigenvalue weighted by molar-refractivity contribution is -0.143. The summed E-state index contributed by atoms with van der Waals surface area (Å²) in [5, 5.41) is 18.7. The van der Waals surface area contributed by atoms with Crippen molar-refractivity contribution >= 4 is 41.7 Å². The van der Waals surface area contributed by atoms with Crippen LogP contribution < -0.4 is 10.6 Å². The first-order valence-electron chi connectivity index (χ1n) is 11.9. The van der Waals surface area contributed by atoms with Gasteiger partial charge in [-0.1, -0.05) is 49.2 Å². The average Bonchev–Trinajstić information content (AvgIpc) is 3.58. The lowest BCUT2D eigenvalue weighted by Gasteiger charge is -2.31. The standard InChI is InChI=1S/C27H29N3O4S2/c31-24(23(35)15-18-6-2-1-3-7-18)30-27(11-4-5-12-27)26(34)29-22(25(32)33)14-19-8-9-21(28-16-19)20-10-13-36-17-20/h1-3,6-10,13,16-17,22-23,35H,4-5,11-12,14-15H2,(H,29,34)(H,30,31)(H,32,33). The number of nitrogens with one attached hydrogen (secondary N) is 2. The number of carbonyl (C=O) groups excluding carboxylic acids is 2. The summed E-state index contributed by atoms with van der Waals surface area (Å²) in [6.07, 6.45) is 4.62. The molecule has 7 nitrogen and oxygen atoms in total. The van der Waals surface area contributed by atoms with Gasteiger partial charge in [0.1, 0.15) is 11.6 Å². The third-order valence-electron chi connectivity index (χ3n) is 6.51. The number of thiophene rings is 1. The van der Waals surface area contributed by atoms with E-state index in [-0.39, 0.29) is 12.3 Å². The zero-order chi connectivity index (χ0) is 25.5. The lowest BCUT2D eigenvalue weighted by atomic mass is 9.94. The minimum Gasteiger partial charge on any atom is -0.480 e. The number of aromatic nitrogens is 1. The molecule has 0 bridgehead atoms. The van der Waals surface area contributed by atoms with Crippen molar-refractivity contribution in [3.05, 3.63) is 76.6 Å². The van der Waals surface area contributed by atoms with E-state index >= 15 is 0 Å². The number of aliphatic carboxylic acids is 1. The second kappa shape index (κ2) is 11.7. The van der Waals surface area contributed by atoms with Gasteiger partial charge < -0.3 is 15.7 Å². The lowest BCUT2D eigenvalue weighted by Crippen LogP contribution is -2.61. The number of carboxylic acids is 1. The molecule has 2 amide bonds. The molecule has 1 aliphatic rings. The van der Waals surface area contributed by atoms with Gasteiger partial charge in [-0.05, 0) is 47.9 Å². The first-order valence-corrected chi connectivity index (χ1v) is 13.4. The van der Waals surface area contributed by atoms with Crippen LogP contribution in [0, 0.1) is 0 Å². The number of amides is 2. The Morgan fingerprint density at radius 2 is 1.78 bits per heavy atom. The average molecular weight is 524 g/mol. The molecule has 2 heterocycles. The van der Waals surface area contributed by atoms with Crippen LogP contribution in [0.5, 0.6) is 0 Å². The smallest absolute Gasteiger partial charge is 0.326 e. The molecule has 0 saturated heterocycles. The normalized spacial score (nSPS) is 16.1. The summed E-state index contributed by atoms with van der Waals surface area (Å²) in [5.41, 5.74) is 2.35. The number of rotatable bonds is 10. The van der Waals surface area contributed by atoms with Gasteiger partial charge in [-0.25, -0.2) is 4.79 Å². The molecule has 36 heavy (non-hydrogen) atoms. The summed E-state index contributed by atoms with van der Waals surface area (Å²) < 4.78 is 0. The van der Waals surface area contributed by atoms with Gasteiger partial charge in [0.05, 0.1) is 10.9 Å². The molecule has 9 heteroatoms. The summed E-state index contributed by atoms with van der Waals surface area (Å²) in [6.45, 7) is 0. The van der Waals surface area contributed by atoms with Crippen LogP contribution in [0.3, 0.4) is 0 Å². The molecule has 0 spiro atoms. The van der Waals surface area contributed by atoms with Crippen molar-refractivity contribution in [3.8, 4) is 11.3 Å². The van der Waals surface area contributed by atoms with Crippen molar-refractivity contribution in [2.75, 3.05) is 0 Å². The molecule has 1 fully saturated rings. The molecular formula is C27H29N3O4S2. The van der Waals surface area contributed by atoms with Gasteiger partial charge in [-0.15, -0.1) is 0 Å². The number of hydrogen-bond acceptors (Lipinski definition) is 6. The zero-order valence-electron chi connectivity index (χ0n) is 19.7. The summed E-state index contributed by atoms with van der Waals surface area (Å²) in [4.78, 5) is 42.8. The molecule has 3 N–H and O–H groups in total. The number of pyridine rings is 1. The van der Waals surface area contributed by atoms with Crippen LogP contribution in [0.4, 0.5) is 0 Å². The maximum atomic E-state index is 13.4. The third kappa shape index (κ3) is 6.33. The van der Waals surface area contributed by atoms with Gasteiger partial charge in [-0.2, -0.15) is 24.0 Å². The van der Waals surface area contributed by atoms with E-state index < -0.39 is 28.7 Å². The molecule has 1 aliphatic carbocycles. The topological polar surface area (TPSA) is 108 Å². The Bertz CT molecular complexity index is 1180. The maximum Gasteiger partial charge on any atom is 0.326 e. The molecule has 2 atom stereocenters. The van der Waals surface area contributed by atoms with Crippen LogP contribution in [-0.4, -0.2) is 44.7 Å². The van der Waals surface area contributed by atoms with Crippen LogP contribution in [-0.2, 0) is 27.2 Å². The number of carbonyl (C=O) groups is 3. The molecule has 3 aromatic rings. The van der Waals surface area contributed by atoms with Crippen molar-refractivity contribution in [2.45, 2.75) is 55.4 Å². The number of carboxylic acid groups (broad SMARTS) is 1. The second-order valence-corrected chi connectivity index (χ2v) is 10.5. The van der Waals surface area contributed by atoms with E-state index in [9.17, 15) is 19.5 Å². The van der Waals surface area contributed by atoms with Gasteiger partial charge in [-0.3, -0.25) is 14.6 Å². The highest BCUT2D eigenvalue weighted by atomic mass is 32.1. The highest BCUT2D eigenvalue weighted by molar-refractivity contribution is 7.81. The molecule has 4 rings (SSSR count). The number of hydrogen-bond donors (Lipinski definition) is 4. The van der Waals surface area contributed by atoms with Crippen LogP contribution >= 0.6 is 24.0 Å². The highest BCUT2D eigenvalue weighted by Gasteiger charge is 2.44. The predicted molar refractivity (Wildman–Crippen MR) is 143 cm³/mol. The van der Waals surface area contributed by atoms with E-state index in [0.717, 1.165) is 29.7 Å². The van der Waals surface area contributed by atoms with Crippen LogP contribution in [0.15, 0.2) is 65.5 Å². The minimum atomic E-state index is -1.14. The Balaban J connectivity index is 1.42. The Kier molecular flexibility index (Phi) is 8.43. The summed E-state index contributed by atoms with van der Waals surface area (Å²) >= 11 is 6.05. The van der Waals surface area contributed by atoms with E-state index in [1.165, 1.54) is 0 Å². The largest absolute Gasteiger partial charge is 0.480 e. The van der Waals surface area contributed by atoms with Gasteiger partial charge in [0.15, 0.2) is 0 Å². The molecule has 0 radical (unpaired) electrons. The quantitative estimate of drug-likeness (QED) is 0.302. The van der Waals surface area contributed by atoms with Crippen LogP contribution in [0.1, 0.15) is 36.8 Å². The molecule has 2 aromatic heterocycles. The molecule has 2 unspecified atom stereocenters. The predicted octanol–water partition coefficient (Wildman–Crippen LogP) is 3.89. The van der Waals surface area contributed by atoms with Crippen molar-refractivity contribution in [1.29, 1.82) is 0 Å². The molecule has 1 aromatic carbocycles. The fourth-order valence-corrected chi connectivity index (χ4v) is 5.42. The minimum absolute atomic E-state index is 0.0885. The van der Waals surface area contributed by atoms with E-state index in [1.807, 2.05) is 59.3 Å². The Hall–Kier alpha value is -3.17. The fourth-order valence-electron chi connectivity index (χ4n) is 4.49. The van der Waals surface area contributed by atoms with Crippen LogP contribution in [0.2, 0.25) is 0 Å². The SMILES string of the molecule is O=C(NC1(C(=O)NC(Cc2ccc(-c3ccsc3)nc2)C(=O)O)CCCC1)C(S)Cc1ccccc1. The van der Waals surface area contributed by atoms with Crippen molar-refractivity contribution in [3.63, 3.8) is 0 Å². The summed E-state index contributed by atoms with van der Waals surface area (Å²) in [5.74, 6) is -1.94. The zero-order valence-corrected chi connectivity index (χ0v) is 21.4. The summed E-state index contributed by atoms with van der Waals surface area (Å²) in [6, 6.07) is 14.0. The molecule has 188 valence electrons. The van der Waals surface area contributed by atoms with E-state index in [4.69, 9.17) is 0 Å².